The first-order chi connectivity index (χ1) is 14.5. The number of hydrogen-bond acceptors (Lipinski definition) is 3. The van der Waals surface area contributed by atoms with Crippen LogP contribution in [0, 0.1) is 0 Å². The van der Waals surface area contributed by atoms with Crippen LogP contribution in [-0.4, -0.2) is 18.6 Å². The van der Waals surface area contributed by atoms with Crippen molar-refractivity contribution in [2.45, 2.75) is 39.2 Å². The van der Waals surface area contributed by atoms with Gasteiger partial charge in [-0.05, 0) is 71.5 Å². The minimum absolute atomic E-state index is 0.185. The second kappa shape index (κ2) is 8.53. The maximum absolute atomic E-state index is 12.8. The van der Waals surface area contributed by atoms with E-state index in [0.717, 1.165) is 33.1 Å². The third-order valence-corrected chi connectivity index (χ3v) is 5.89. The summed E-state index contributed by atoms with van der Waals surface area (Å²) in [6.07, 6.45) is 0.627. The van der Waals surface area contributed by atoms with E-state index in [4.69, 9.17) is 16.3 Å². The maximum atomic E-state index is 12.8. The topological polar surface area (TPSA) is 29.5 Å². The standard InChI is InChI=1S/C26H26ClNO2/c1-4-30-26(29)25-16-21-15-20(19-5-10-22(27)11-6-19)9-14-24(21)28(25)23-12-7-18(8-13-23)17(2)3/h5-15,17,25H,4,16H2,1-3H3. The molecule has 1 unspecified atom stereocenters. The lowest BCUT2D eigenvalue weighted by molar-refractivity contribution is -0.144. The molecular formula is C26H26ClNO2. The predicted octanol–water partition coefficient (Wildman–Crippen LogP) is 6.76. The quantitative estimate of drug-likeness (QED) is 0.428. The van der Waals surface area contributed by atoms with Crippen molar-refractivity contribution in [3.63, 3.8) is 0 Å². The lowest BCUT2D eigenvalue weighted by Gasteiger charge is -2.26. The van der Waals surface area contributed by atoms with Gasteiger partial charge in [0.15, 0.2) is 0 Å². The Balaban J connectivity index is 1.74. The summed E-state index contributed by atoms with van der Waals surface area (Å²) in [4.78, 5) is 14.9. The average molecular weight is 420 g/mol. The largest absolute Gasteiger partial charge is 0.464 e. The fourth-order valence-corrected chi connectivity index (χ4v) is 4.17. The molecule has 0 amide bonds. The highest BCUT2D eigenvalue weighted by Gasteiger charge is 2.36. The lowest BCUT2D eigenvalue weighted by Crippen LogP contribution is -2.36. The molecule has 1 aliphatic heterocycles. The summed E-state index contributed by atoms with van der Waals surface area (Å²) in [6.45, 7) is 6.59. The molecule has 4 heteroatoms. The van der Waals surface area contributed by atoms with E-state index in [-0.39, 0.29) is 12.0 Å². The van der Waals surface area contributed by atoms with Crippen LogP contribution in [0.2, 0.25) is 5.02 Å². The molecule has 3 aromatic carbocycles. The highest BCUT2D eigenvalue weighted by atomic mass is 35.5. The number of nitrogens with zero attached hydrogens (tertiary/aromatic N) is 1. The highest BCUT2D eigenvalue weighted by Crippen LogP contribution is 2.41. The number of benzene rings is 3. The van der Waals surface area contributed by atoms with E-state index in [1.807, 2.05) is 31.2 Å². The maximum Gasteiger partial charge on any atom is 0.329 e. The molecule has 0 bridgehead atoms. The van der Waals surface area contributed by atoms with Crippen molar-refractivity contribution in [2.75, 3.05) is 11.5 Å². The van der Waals surface area contributed by atoms with Crippen LogP contribution in [0.1, 0.15) is 37.8 Å². The van der Waals surface area contributed by atoms with E-state index in [1.54, 1.807) is 0 Å². The summed E-state index contributed by atoms with van der Waals surface area (Å²) in [5.41, 5.74) is 6.72. The van der Waals surface area contributed by atoms with Gasteiger partial charge in [0, 0.05) is 22.8 Å². The molecule has 0 N–H and O–H groups in total. The van der Waals surface area contributed by atoms with Crippen LogP contribution in [0.5, 0.6) is 0 Å². The van der Waals surface area contributed by atoms with E-state index < -0.39 is 0 Å². The van der Waals surface area contributed by atoms with Crippen molar-refractivity contribution in [3.8, 4) is 11.1 Å². The van der Waals surface area contributed by atoms with Crippen molar-refractivity contribution in [1.82, 2.24) is 0 Å². The van der Waals surface area contributed by atoms with Gasteiger partial charge in [-0.15, -0.1) is 0 Å². The van der Waals surface area contributed by atoms with Crippen LogP contribution >= 0.6 is 11.6 Å². The van der Waals surface area contributed by atoms with Crippen LogP contribution in [0.3, 0.4) is 0 Å². The normalized spacial score (nSPS) is 15.4. The number of esters is 1. The molecular weight excluding hydrogens is 394 g/mol. The summed E-state index contributed by atoms with van der Waals surface area (Å²) in [5.74, 6) is 0.280. The minimum atomic E-state index is -0.356. The van der Waals surface area contributed by atoms with Crippen molar-refractivity contribution in [3.05, 3.63) is 82.9 Å². The van der Waals surface area contributed by atoms with Gasteiger partial charge in [0.1, 0.15) is 6.04 Å². The van der Waals surface area contributed by atoms with Gasteiger partial charge in [0.05, 0.1) is 6.61 Å². The average Bonchev–Trinajstić information content (AvgIpc) is 3.13. The van der Waals surface area contributed by atoms with Gasteiger partial charge in [-0.25, -0.2) is 4.79 Å². The number of rotatable bonds is 5. The van der Waals surface area contributed by atoms with Crippen LogP contribution in [0.4, 0.5) is 11.4 Å². The monoisotopic (exact) mass is 419 g/mol. The zero-order valence-corrected chi connectivity index (χ0v) is 18.3. The van der Waals surface area contributed by atoms with Gasteiger partial charge in [-0.2, -0.15) is 0 Å². The molecule has 3 aromatic rings. The Bertz CT molecular complexity index is 1040. The van der Waals surface area contributed by atoms with Crippen LogP contribution in [0.25, 0.3) is 11.1 Å². The molecule has 0 aromatic heterocycles. The number of carbonyl (C=O) groups excluding carboxylic acids is 1. The number of anilines is 2. The van der Waals surface area contributed by atoms with E-state index in [0.29, 0.717) is 18.9 Å². The minimum Gasteiger partial charge on any atom is -0.464 e. The van der Waals surface area contributed by atoms with E-state index in [2.05, 4.69) is 61.2 Å². The molecule has 1 heterocycles. The van der Waals surface area contributed by atoms with Crippen LogP contribution in [-0.2, 0) is 16.0 Å². The lowest BCUT2D eigenvalue weighted by atomic mass is 10.0. The number of ether oxygens (including phenoxy) is 1. The van der Waals surface area contributed by atoms with Gasteiger partial charge in [0.25, 0.3) is 0 Å². The molecule has 3 nitrogen and oxygen atoms in total. The number of fused-ring (bicyclic) bond motifs is 1. The first kappa shape index (κ1) is 20.5. The molecule has 4 rings (SSSR count). The Kier molecular flexibility index (Phi) is 5.83. The smallest absolute Gasteiger partial charge is 0.329 e. The molecule has 0 fully saturated rings. The van der Waals surface area contributed by atoms with Gasteiger partial charge in [0.2, 0.25) is 0 Å². The Labute approximate surface area is 183 Å². The Morgan fingerprint density at radius 2 is 1.70 bits per heavy atom. The van der Waals surface area contributed by atoms with E-state index in [9.17, 15) is 4.79 Å². The first-order valence-electron chi connectivity index (χ1n) is 10.4. The third kappa shape index (κ3) is 3.95. The molecule has 0 saturated carbocycles. The van der Waals surface area contributed by atoms with Gasteiger partial charge >= 0.3 is 5.97 Å². The SMILES string of the molecule is CCOC(=O)C1Cc2cc(-c3ccc(Cl)cc3)ccc2N1c1ccc(C(C)C)cc1. The Hall–Kier alpha value is -2.78. The van der Waals surface area contributed by atoms with Crippen LogP contribution < -0.4 is 4.90 Å². The molecule has 0 saturated heterocycles. The fourth-order valence-electron chi connectivity index (χ4n) is 4.04. The Morgan fingerprint density at radius 1 is 1.03 bits per heavy atom. The zero-order valence-electron chi connectivity index (χ0n) is 17.6. The number of hydrogen-bond donors (Lipinski definition) is 0. The second-order valence-electron chi connectivity index (χ2n) is 7.94. The van der Waals surface area contributed by atoms with Gasteiger partial charge in [-0.1, -0.05) is 55.8 Å². The summed E-state index contributed by atoms with van der Waals surface area (Å²) in [6, 6.07) is 22.3. The number of halogens is 1. The van der Waals surface area contributed by atoms with E-state index >= 15 is 0 Å². The predicted molar refractivity (Wildman–Crippen MR) is 124 cm³/mol. The molecule has 30 heavy (non-hydrogen) atoms. The summed E-state index contributed by atoms with van der Waals surface area (Å²) < 4.78 is 5.40. The van der Waals surface area contributed by atoms with Crippen molar-refractivity contribution < 1.29 is 9.53 Å². The third-order valence-electron chi connectivity index (χ3n) is 5.64. The zero-order chi connectivity index (χ0) is 21.3. The van der Waals surface area contributed by atoms with Gasteiger partial charge < -0.3 is 9.64 Å². The van der Waals surface area contributed by atoms with Crippen LogP contribution in [0.15, 0.2) is 66.7 Å². The summed E-state index contributed by atoms with van der Waals surface area (Å²) in [5, 5.41) is 0.721. The first-order valence-corrected chi connectivity index (χ1v) is 10.8. The van der Waals surface area contributed by atoms with Crippen molar-refractivity contribution in [2.24, 2.45) is 0 Å². The molecule has 0 radical (unpaired) electrons. The summed E-state index contributed by atoms with van der Waals surface area (Å²) in [7, 11) is 0. The van der Waals surface area contributed by atoms with Gasteiger partial charge in [-0.3, -0.25) is 0 Å². The molecule has 154 valence electrons. The van der Waals surface area contributed by atoms with Crippen molar-refractivity contribution in [1.29, 1.82) is 0 Å². The van der Waals surface area contributed by atoms with E-state index in [1.165, 1.54) is 5.56 Å². The summed E-state index contributed by atoms with van der Waals surface area (Å²) >= 11 is 6.04. The molecule has 0 spiro atoms. The second-order valence-corrected chi connectivity index (χ2v) is 8.38. The highest BCUT2D eigenvalue weighted by molar-refractivity contribution is 6.30. The fraction of sp³-hybridized carbons (Fsp3) is 0.269. The molecule has 1 aliphatic rings. The molecule has 1 atom stereocenters. The number of carbonyl (C=O) groups is 1. The Morgan fingerprint density at radius 3 is 2.33 bits per heavy atom. The molecule has 0 aliphatic carbocycles. The van der Waals surface area contributed by atoms with Crippen molar-refractivity contribution >= 4 is 28.9 Å².